The van der Waals surface area contributed by atoms with E-state index in [9.17, 15) is 9.59 Å². The van der Waals surface area contributed by atoms with E-state index >= 15 is 0 Å². The number of fused-ring (bicyclic) bond motifs is 1. The molecule has 3 rings (SSSR count). The van der Waals surface area contributed by atoms with Gasteiger partial charge < -0.3 is 24.8 Å². The molecule has 7 heteroatoms. The number of carbonyl (C=O) groups is 2. The van der Waals surface area contributed by atoms with Gasteiger partial charge in [-0.1, -0.05) is 6.07 Å². The molecule has 2 amide bonds. The summed E-state index contributed by atoms with van der Waals surface area (Å²) in [5.41, 5.74) is 0.870. The topological polar surface area (TPSA) is 85.9 Å². The number of rotatable bonds is 7. The van der Waals surface area contributed by atoms with E-state index in [1.54, 1.807) is 27.4 Å². The minimum atomic E-state index is -0.0220. The number of hydrogen-bond donors (Lipinski definition) is 2. The Hall–Kier alpha value is -2.28. The quantitative estimate of drug-likeness (QED) is 0.740. The van der Waals surface area contributed by atoms with Crippen LogP contribution in [-0.4, -0.2) is 51.8 Å². The van der Waals surface area contributed by atoms with Gasteiger partial charge in [-0.2, -0.15) is 0 Å². The van der Waals surface area contributed by atoms with E-state index in [1.807, 2.05) is 12.1 Å². The van der Waals surface area contributed by atoms with Crippen LogP contribution in [0.15, 0.2) is 18.2 Å². The first-order valence-electron chi connectivity index (χ1n) is 9.82. The molecule has 4 atom stereocenters. The van der Waals surface area contributed by atoms with Crippen molar-refractivity contribution in [3.63, 3.8) is 0 Å². The summed E-state index contributed by atoms with van der Waals surface area (Å²) < 4.78 is 15.8. The average Bonchev–Trinajstić information content (AvgIpc) is 2.67. The van der Waals surface area contributed by atoms with Crippen LogP contribution in [0.3, 0.4) is 0 Å². The van der Waals surface area contributed by atoms with Gasteiger partial charge in [0.25, 0.3) is 0 Å². The van der Waals surface area contributed by atoms with Gasteiger partial charge in [-0.3, -0.25) is 9.59 Å². The van der Waals surface area contributed by atoms with E-state index in [0.29, 0.717) is 30.4 Å². The Labute approximate surface area is 166 Å². The van der Waals surface area contributed by atoms with Crippen LogP contribution in [0.1, 0.15) is 31.2 Å². The van der Waals surface area contributed by atoms with Crippen LogP contribution >= 0.6 is 0 Å². The Balaban J connectivity index is 1.56. The number of piperidine rings is 1. The lowest BCUT2D eigenvalue weighted by Crippen LogP contribution is -2.56. The molecular formula is C21H30N2O5. The highest BCUT2D eigenvalue weighted by molar-refractivity contribution is 5.79. The van der Waals surface area contributed by atoms with E-state index in [-0.39, 0.29) is 36.2 Å². The lowest BCUT2D eigenvalue weighted by molar-refractivity contribution is -0.128. The van der Waals surface area contributed by atoms with Gasteiger partial charge >= 0.3 is 0 Å². The summed E-state index contributed by atoms with van der Waals surface area (Å²) in [5, 5.41) is 6.25. The van der Waals surface area contributed by atoms with Crippen molar-refractivity contribution in [2.45, 2.75) is 44.2 Å². The number of nitrogens with one attached hydrogen (secondary N) is 2. The molecule has 28 heavy (non-hydrogen) atoms. The van der Waals surface area contributed by atoms with Gasteiger partial charge in [-0.25, -0.2) is 0 Å². The summed E-state index contributed by atoms with van der Waals surface area (Å²) in [4.78, 5) is 24.5. The Morgan fingerprint density at radius 1 is 1.18 bits per heavy atom. The second-order valence-corrected chi connectivity index (χ2v) is 7.70. The first kappa shape index (κ1) is 20.5. The second-order valence-electron chi connectivity index (χ2n) is 7.70. The minimum absolute atomic E-state index is 0.0220. The number of hydrogen-bond acceptors (Lipinski definition) is 5. The van der Waals surface area contributed by atoms with Gasteiger partial charge in [0.2, 0.25) is 11.8 Å². The summed E-state index contributed by atoms with van der Waals surface area (Å²) in [5.74, 6) is 2.02. The molecule has 4 unspecified atom stereocenters. The predicted octanol–water partition coefficient (Wildman–Crippen LogP) is 1.68. The van der Waals surface area contributed by atoms with Crippen LogP contribution < -0.4 is 20.1 Å². The molecular weight excluding hydrogens is 360 g/mol. The number of ether oxygens (including phenoxy) is 3. The number of amides is 2. The third-order valence-corrected chi connectivity index (χ3v) is 5.86. The number of benzene rings is 1. The Morgan fingerprint density at radius 3 is 2.68 bits per heavy atom. The van der Waals surface area contributed by atoms with E-state index in [0.717, 1.165) is 24.8 Å². The molecule has 2 N–H and O–H groups in total. The molecule has 1 heterocycles. The standard InChI is InChI=1S/C21H30N2O5/c1-26-12-14-10-21(25)23-17-11-15(5-6-16(14)17)22-20(24)9-13-4-7-18(27-2)19(8-13)28-3/h4,7-8,14-17H,5-6,9-12H2,1-3H3,(H,22,24)(H,23,25). The lowest BCUT2D eigenvalue weighted by atomic mass is 9.71. The summed E-state index contributed by atoms with van der Waals surface area (Å²) in [6, 6.07) is 5.69. The van der Waals surface area contributed by atoms with E-state index in [2.05, 4.69) is 10.6 Å². The highest BCUT2D eigenvalue weighted by Gasteiger charge is 2.40. The van der Waals surface area contributed by atoms with Crippen molar-refractivity contribution in [2.75, 3.05) is 27.9 Å². The first-order chi connectivity index (χ1) is 13.5. The van der Waals surface area contributed by atoms with Crippen molar-refractivity contribution < 1.29 is 23.8 Å². The maximum absolute atomic E-state index is 12.5. The fraction of sp³-hybridized carbons (Fsp3) is 0.619. The van der Waals surface area contributed by atoms with Gasteiger partial charge in [-0.05, 0) is 48.8 Å². The molecule has 1 aliphatic carbocycles. The number of carbonyl (C=O) groups excluding carboxylic acids is 2. The maximum atomic E-state index is 12.5. The van der Waals surface area contributed by atoms with Crippen molar-refractivity contribution >= 4 is 11.8 Å². The molecule has 0 aromatic heterocycles. The van der Waals surface area contributed by atoms with Crippen LogP contribution in [0.4, 0.5) is 0 Å². The highest BCUT2D eigenvalue weighted by Crippen LogP contribution is 2.35. The highest BCUT2D eigenvalue weighted by atomic mass is 16.5. The zero-order chi connectivity index (χ0) is 20.1. The van der Waals surface area contributed by atoms with Crippen LogP contribution in [0.25, 0.3) is 0 Å². The zero-order valence-corrected chi connectivity index (χ0v) is 16.8. The monoisotopic (exact) mass is 390 g/mol. The van der Waals surface area contributed by atoms with Gasteiger partial charge in [0.05, 0.1) is 20.6 Å². The Bertz CT molecular complexity index is 708. The first-order valence-corrected chi connectivity index (χ1v) is 9.82. The minimum Gasteiger partial charge on any atom is -0.493 e. The molecule has 2 aliphatic rings. The van der Waals surface area contributed by atoms with E-state index in [1.165, 1.54) is 0 Å². The summed E-state index contributed by atoms with van der Waals surface area (Å²) in [6.45, 7) is 0.616. The average molecular weight is 390 g/mol. The second kappa shape index (κ2) is 9.28. The third kappa shape index (κ3) is 4.76. The summed E-state index contributed by atoms with van der Waals surface area (Å²) in [7, 11) is 4.85. The van der Waals surface area contributed by atoms with Crippen LogP contribution in [0.5, 0.6) is 11.5 Å². The molecule has 2 fully saturated rings. The molecule has 1 aromatic carbocycles. The van der Waals surface area contributed by atoms with Gasteiger partial charge in [0.15, 0.2) is 11.5 Å². The van der Waals surface area contributed by atoms with Crippen LogP contribution in [-0.2, 0) is 20.7 Å². The fourth-order valence-corrected chi connectivity index (χ4v) is 4.56. The van der Waals surface area contributed by atoms with Crippen molar-refractivity contribution in [1.29, 1.82) is 0 Å². The number of methoxy groups -OCH3 is 3. The Morgan fingerprint density at radius 2 is 1.96 bits per heavy atom. The summed E-state index contributed by atoms with van der Waals surface area (Å²) in [6.07, 6.45) is 3.50. The van der Waals surface area contributed by atoms with Gasteiger partial charge in [0, 0.05) is 32.2 Å². The molecule has 1 aliphatic heterocycles. The van der Waals surface area contributed by atoms with Crippen molar-refractivity contribution in [2.24, 2.45) is 11.8 Å². The molecule has 7 nitrogen and oxygen atoms in total. The molecule has 1 saturated heterocycles. The zero-order valence-electron chi connectivity index (χ0n) is 16.8. The van der Waals surface area contributed by atoms with Crippen molar-refractivity contribution in [3.05, 3.63) is 23.8 Å². The largest absolute Gasteiger partial charge is 0.493 e. The normalized spacial score (nSPS) is 26.8. The van der Waals surface area contributed by atoms with Crippen molar-refractivity contribution in [3.8, 4) is 11.5 Å². The molecule has 1 aromatic rings. The maximum Gasteiger partial charge on any atom is 0.224 e. The molecule has 0 spiro atoms. The molecule has 0 bridgehead atoms. The van der Waals surface area contributed by atoms with Crippen LogP contribution in [0, 0.1) is 11.8 Å². The van der Waals surface area contributed by atoms with Crippen LogP contribution in [0.2, 0.25) is 0 Å². The lowest BCUT2D eigenvalue weighted by Gasteiger charge is -2.43. The SMILES string of the molecule is COCC1CC(=O)NC2CC(NC(=O)Cc3ccc(OC)c(OC)c3)CCC12. The third-order valence-electron chi connectivity index (χ3n) is 5.86. The fourth-order valence-electron chi connectivity index (χ4n) is 4.56. The molecule has 1 saturated carbocycles. The van der Waals surface area contributed by atoms with E-state index in [4.69, 9.17) is 14.2 Å². The van der Waals surface area contributed by atoms with E-state index < -0.39 is 0 Å². The summed E-state index contributed by atoms with van der Waals surface area (Å²) >= 11 is 0. The van der Waals surface area contributed by atoms with Gasteiger partial charge in [0.1, 0.15) is 0 Å². The molecule has 154 valence electrons. The molecule has 0 radical (unpaired) electrons. The van der Waals surface area contributed by atoms with Gasteiger partial charge in [-0.15, -0.1) is 0 Å². The Kier molecular flexibility index (Phi) is 6.78. The predicted molar refractivity (Wildman–Crippen MR) is 104 cm³/mol. The van der Waals surface area contributed by atoms with Crippen molar-refractivity contribution in [1.82, 2.24) is 10.6 Å². The smallest absolute Gasteiger partial charge is 0.224 e.